The topological polar surface area (TPSA) is 86.8 Å². The normalized spacial score (nSPS) is 12.3. The second-order valence-corrected chi connectivity index (χ2v) is 11.3. The van der Waals surface area contributed by atoms with E-state index in [1.165, 1.54) is 17.0 Å². The summed E-state index contributed by atoms with van der Waals surface area (Å²) < 4.78 is 39.3. The van der Waals surface area contributed by atoms with E-state index >= 15 is 0 Å². The maximum atomic E-state index is 13.6. The maximum Gasteiger partial charge on any atom is 0.244 e. The predicted octanol–water partition coefficient (Wildman–Crippen LogP) is 4.48. The minimum absolute atomic E-state index is 0.105. The molecule has 0 unspecified atom stereocenters. The molecule has 35 heavy (non-hydrogen) atoms. The molecule has 192 valence electrons. The zero-order valence-electron chi connectivity index (χ0n) is 20.1. The van der Waals surface area contributed by atoms with Crippen LogP contribution < -0.4 is 9.62 Å². The van der Waals surface area contributed by atoms with Gasteiger partial charge in [-0.1, -0.05) is 50.0 Å². The molecule has 7 nitrogen and oxygen atoms in total. The molecule has 0 aromatic heterocycles. The fraction of sp³-hybridized carbons (Fsp3) is 0.417. The minimum atomic E-state index is -3.91. The minimum Gasteiger partial charge on any atom is -0.354 e. The first-order valence-corrected chi connectivity index (χ1v) is 13.7. The lowest BCUT2D eigenvalue weighted by molar-refractivity contribution is -0.140. The van der Waals surface area contributed by atoms with E-state index in [4.69, 9.17) is 23.2 Å². The highest BCUT2D eigenvalue weighted by molar-refractivity contribution is 7.92. The fourth-order valence-corrected chi connectivity index (χ4v) is 4.78. The molecular weight excluding hydrogens is 516 g/mol. The summed E-state index contributed by atoms with van der Waals surface area (Å²) in [6, 6.07) is 8.74. The summed E-state index contributed by atoms with van der Waals surface area (Å²) in [5.74, 6) is -1.36. The van der Waals surface area contributed by atoms with Crippen LogP contribution in [-0.2, 0) is 26.2 Å². The number of benzene rings is 2. The van der Waals surface area contributed by atoms with Gasteiger partial charge in [0.15, 0.2) is 0 Å². The summed E-state index contributed by atoms with van der Waals surface area (Å²) in [6.45, 7) is 5.35. The number of sulfonamides is 1. The van der Waals surface area contributed by atoms with Crippen molar-refractivity contribution in [1.29, 1.82) is 0 Å². The molecule has 0 aliphatic heterocycles. The first-order chi connectivity index (χ1) is 16.3. The molecule has 0 heterocycles. The molecule has 1 atom stereocenters. The van der Waals surface area contributed by atoms with Crippen LogP contribution in [0.15, 0.2) is 42.5 Å². The van der Waals surface area contributed by atoms with Gasteiger partial charge in [0.1, 0.15) is 18.4 Å². The van der Waals surface area contributed by atoms with Crippen LogP contribution in [0.2, 0.25) is 10.0 Å². The van der Waals surface area contributed by atoms with Gasteiger partial charge in [0.2, 0.25) is 21.8 Å². The second-order valence-electron chi connectivity index (χ2n) is 8.53. The van der Waals surface area contributed by atoms with Crippen LogP contribution in [0.3, 0.4) is 0 Å². The van der Waals surface area contributed by atoms with Gasteiger partial charge in [-0.3, -0.25) is 13.9 Å². The first kappa shape index (κ1) is 28.9. The van der Waals surface area contributed by atoms with Gasteiger partial charge in [-0.2, -0.15) is 0 Å². The van der Waals surface area contributed by atoms with Crippen molar-refractivity contribution in [2.45, 2.75) is 39.8 Å². The van der Waals surface area contributed by atoms with Crippen molar-refractivity contribution in [3.63, 3.8) is 0 Å². The SMILES string of the molecule is CC[C@@H](C(=O)NCC(C)C)N(Cc1c(Cl)cccc1Cl)C(=O)CN(c1ccc(F)cc1)S(C)(=O)=O. The standard InChI is InChI=1S/C24H30Cl2FN3O4S/c1-5-22(24(32)28-13-16(2)3)29(14-19-20(25)7-6-8-21(19)26)23(31)15-30(35(4,33)34)18-11-9-17(27)10-12-18/h6-12,16,22H,5,13-15H2,1-4H3,(H,28,32)/t22-/m0/s1. The van der Waals surface area contributed by atoms with Gasteiger partial charge >= 0.3 is 0 Å². The van der Waals surface area contributed by atoms with Gasteiger partial charge in [0.25, 0.3) is 0 Å². The average molecular weight is 546 g/mol. The third-order valence-electron chi connectivity index (χ3n) is 5.25. The Morgan fingerprint density at radius 1 is 1.06 bits per heavy atom. The molecular formula is C24H30Cl2FN3O4S. The van der Waals surface area contributed by atoms with E-state index in [0.717, 1.165) is 22.7 Å². The molecule has 2 aromatic carbocycles. The molecule has 0 radical (unpaired) electrons. The third kappa shape index (κ3) is 8.08. The van der Waals surface area contributed by atoms with Crippen LogP contribution in [0.5, 0.6) is 0 Å². The number of nitrogens with zero attached hydrogens (tertiary/aromatic N) is 2. The van der Waals surface area contributed by atoms with Crippen LogP contribution in [-0.4, -0.2) is 50.5 Å². The van der Waals surface area contributed by atoms with Gasteiger partial charge in [-0.15, -0.1) is 0 Å². The fourth-order valence-electron chi connectivity index (χ4n) is 3.42. The highest BCUT2D eigenvalue weighted by atomic mass is 35.5. The summed E-state index contributed by atoms with van der Waals surface area (Å²) in [5.41, 5.74) is 0.558. The highest BCUT2D eigenvalue weighted by Gasteiger charge is 2.32. The quantitative estimate of drug-likeness (QED) is 0.451. The van der Waals surface area contributed by atoms with Gasteiger partial charge in [0.05, 0.1) is 11.9 Å². The highest BCUT2D eigenvalue weighted by Crippen LogP contribution is 2.27. The Kier molecular flexibility index (Phi) is 10.4. The molecule has 0 bridgehead atoms. The van der Waals surface area contributed by atoms with Crippen LogP contribution in [0.25, 0.3) is 0 Å². The van der Waals surface area contributed by atoms with Crippen molar-refractivity contribution in [3.05, 3.63) is 63.9 Å². The molecule has 0 saturated heterocycles. The van der Waals surface area contributed by atoms with Crippen LogP contribution in [0, 0.1) is 11.7 Å². The number of rotatable bonds is 11. The number of carbonyl (C=O) groups is 2. The van der Waals surface area contributed by atoms with Crippen molar-refractivity contribution in [3.8, 4) is 0 Å². The summed E-state index contributed by atoms with van der Waals surface area (Å²) >= 11 is 12.7. The van der Waals surface area contributed by atoms with Gasteiger partial charge in [-0.25, -0.2) is 12.8 Å². The zero-order chi connectivity index (χ0) is 26.3. The molecule has 2 amide bonds. The van der Waals surface area contributed by atoms with E-state index in [2.05, 4.69) is 5.32 Å². The Morgan fingerprint density at radius 3 is 2.11 bits per heavy atom. The van der Waals surface area contributed by atoms with Crippen molar-refractivity contribution < 1.29 is 22.4 Å². The lowest BCUT2D eigenvalue weighted by atomic mass is 10.1. The Bertz CT molecular complexity index is 1120. The number of amides is 2. The number of nitrogens with one attached hydrogen (secondary N) is 1. The molecule has 1 N–H and O–H groups in total. The number of anilines is 1. The van der Waals surface area contributed by atoms with E-state index in [1.54, 1.807) is 25.1 Å². The Morgan fingerprint density at radius 2 is 1.63 bits per heavy atom. The van der Waals surface area contributed by atoms with Gasteiger partial charge in [-0.05, 0) is 48.7 Å². The van der Waals surface area contributed by atoms with Crippen molar-refractivity contribution >= 4 is 50.7 Å². The summed E-state index contributed by atoms with van der Waals surface area (Å²) in [4.78, 5) is 27.9. The molecule has 0 fully saturated rings. The molecule has 0 aliphatic rings. The van der Waals surface area contributed by atoms with E-state index in [0.29, 0.717) is 22.2 Å². The molecule has 2 rings (SSSR count). The van der Waals surface area contributed by atoms with Crippen LogP contribution in [0.1, 0.15) is 32.8 Å². The van der Waals surface area contributed by atoms with Crippen molar-refractivity contribution in [2.24, 2.45) is 5.92 Å². The monoisotopic (exact) mass is 545 g/mol. The molecule has 2 aromatic rings. The van der Waals surface area contributed by atoms with E-state index < -0.39 is 34.3 Å². The lowest BCUT2D eigenvalue weighted by Crippen LogP contribution is -2.52. The Balaban J connectivity index is 2.47. The van der Waals surface area contributed by atoms with E-state index in [9.17, 15) is 22.4 Å². The van der Waals surface area contributed by atoms with Crippen molar-refractivity contribution in [2.75, 3.05) is 23.7 Å². The average Bonchev–Trinajstić information content (AvgIpc) is 2.77. The Labute approximate surface area is 216 Å². The number of hydrogen-bond donors (Lipinski definition) is 1. The van der Waals surface area contributed by atoms with Crippen molar-refractivity contribution in [1.82, 2.24) is 10.2 Å². The summed E-state index contributed by atoms with van der Waals surface area (Å²) in [7, 11) is -3.91. The van der Waals surface area contributed by atoms with Crippen LogP contribution >= 0.6 is 23.2 Å². The molecule has 0 spiro atoms. The number of halogens is 3. The molecule has 11 heteroatoms. The third-order valence-corrected chi connectivity index (χ3v) is 7.10. The number of carbonyl (C=O) groups excluding carboxylic acids is 2. The summed E-state index contributed by atoms with van der Waals surface area (Å²) in [6.07, 6.45) is 1.22. The molecule has 0 aliphatic carbocycles. The largest absolute Gasteiger partial charge is 0.354 e. The Hall–Kier alpha value is -2.36. The maximum absolute atomic E-state index is 13.6. The van der Waals surface area contributed by atoms with E-state index in [-0.39, 0.29) is 30.5 Å². The van der Waals surface area contributed by atoms with E-state index in [1.807, 2.05) is 13.8 Å². The summed E-state index contributed by atoms with van der Waals surface area (Å²) in [5, 5.41) is 3.46. The predicted molar refractivity (Wildman–Crippen MR) is 138 cm³/mol. The lowest BCUT2D eigenvalue weighted by Gasteiger charge is -2.33. The van der Waals surface area contributed by atoms with Crippen LogP contribution in [0.4, 0.5) is 10.1 Å². The smallest absolute Gasteiger partial charge is 0.244 e. The van der Waals surface area contributed by atoms with Gasteiger partial charge in [0, 0.05) is 28.7 Å². The molecule has 0 saturated carbocycles. The first-order valence-electron chi connectivity index (χ1n) is 11.1. The zero-order valence-corrected chi connectivity index (χ0v) is 22.4. The number of hydrogen-bond acceptors (Lipinski definition) is 4. The van der Waals surface area contributed by atoms with Gasteiger partial charge < -0.3 is 10.2 Å². The second kappa shape index (κ2) is 12.6.